The average Bonchev–Trinajstić information content (AvgIpc) is 2.80. The molecule has 2 fully saturated rings. The Hall–Kier alpha value is -0.200. The maximum Gasteiger partial charge on any atom is 0.215 e. The van der Waals surface area contributed by atoms with Gasteiger partial charge in [-0.2, -0.15) is 4.31 Å². The zero-order valence-corrected chi connectivity index (χ0v) is 10.2. The van der Waals surface area contributed by atoms with Crippen LogP contribution in [-0.4, -0.2) is 36.1 Å². The molecule has 1 saturated heterocycles. The van der Waals surface area contributed by atoms with Crippen molar-refractivity contribution in [3.05, 3.63) is 0 Å². The average molecular weight is 248 g/mol. The highest BCUT2D eigenvalue weighted by Crippen LogP contribution is 2.33. The molecule has 1 aliphatic carbocycles. The summed E-state index contributed by atoms with van der Waals surface area (Å²) in [5, 5.41) is 0. The normalized spacial score (nSPS) is 28.1. The van der Waals surface area contributed by atoms with E-state index in [0.717, 1.165) is 25.7 Å². The zero-order chi connectivity index (χ0) is 11.1. The van der Waals surface area contributed by atoms with Gasteiger partial charge in [0.2, 0.25) is 10.0 Å². The second-order valence-corrected chi connectivity index (χ2v) is 6.83. The van der Waals surface area contributed by atoms with Crippen molar-refractivity contribution in [2.24, 2.45) is 11.7 Å². The molecule has 0 bridgehead atoms. The summed E-state index contributed by atoms with van der Waals surface area (Å²) in [7, 11) is -3.13. The molecule has 6 heteroatoms. The molecule has 0 aromatic rings. The molecule has 86 valence electrons. The number of sulfonamides is 1. The van der Waals surface area contributed by atoms with Crippen molar-refractivity contribution in [1.29, 1.82) is 0 Å². The van der Waals surface area contributed by atoms with Gasteiger partial charge in [-0.05, 0) is 31.6 Å². The highest BCUT2D eigenvalue weighted by molar-refractivity contribution is 7.89. The summed E-state index contributed by atoms with van der Waals surface area (Å²) in [5.74, 6) is 0.661. The Balaban J connectivity index is 2.10. The van der Waals surface area contributed by atoms with Crippen molar-refractivity contribution in [3.8, 4) is 0 Å². The number of thiocarbonyl (C=S) groups is 1. The molecule has 0 aromatic heterocycles. The van der Waals surface area contributed by atoms with E-state index in [2.05, 4.69) is 0 Å². The zero-order valence-electron chi connectivity index (χ0n) is 8.55. The van der Waals surface area contributed by atoms with Crippen LogP contribution in [0.2, 0.25) is 0 Å². The van der Waals surface area contributed by atoms with Crippen LogP contribution in [-0.2, 0) is 10.0 Å². The predicted octanol–water partition coefficient (Wildman–Crippen LogP) is 0.477. The quantitative estimate of drug-likeness (QED) is 0.735. The van der Waals surface area contributed by atoms with Crippen LogP contribution in [0.5, 0.6) is 0 Å². The van der Waals surface area contributed by atoms with Gasteiger partial charge in [-0.3, -0.25) is 0 Å². The largest absolute Gasteiger partial charge is 0.392 e. The molecule has 0 amide bonds. The van der Waals surface area contributed by atoms with Gasteiger partial charge in [-0.25, -0.2) is 8.42 Å². The summed E-state index contributed by atoms with van der Waals surface area (Å²) in [6.07, 6.45) is 3.74. The summed E-state index contributed by atoms with van der Waals surface area (Å²) < 4.78 is 25.5. The van der Waals surface area contributed by atoms with Crippen LogP contribution in [0.3, 0.4) is 0 Å². The molecule has 0 spiro atoms. The molecule has 2 N–H and O–H groups in total. The van der Waals surface area contributed by atoms with E-state index in [0.29, 0.717) is 17.5 Å². The molecule has 0 radical (unpaired) electrons. The number of nitrogens with two attached hydrogens (primary N) is 1. The number of hydrogen-bond donors (Lipinski definition) is 1. The van der Waals surface area contributed by atoms with Crippen LogP contribution in [0.4, 0.5) is 0 Å². The molecule has 4 nitrogen and oxygen atoms in total. The van der Waals surface area contributed by atoms with Gasteiger partial charge in [0, 0.05) is 6.54 Å². The topological polar surface area (TPSA) is 63.4 Å². The molecule has 0 aromatic carbocycles. The summed E-state index contributed by atoms with van der Waals surface area (Å²) in [6.45, 7) is 0.580. The summed E-state index contributed by atoms with van der Waals surface area (Å²) in [6, 6.07) is -0.233. The van der Waals surface area contributed by atoms with E-state index in [1.165, 1.54) is 4.31 Å². The maximum atomic E-state index is 12.0. The summed E-state index contributed by atoms with van der Waals surface area (Å²) in [5.41, 5.74) is 5.56. The van der Waals surface area contributed by atoms with Crippen LogP contribution in [0, 0.1) is 5.92 Å². The van der Waals surface area contributed by atoms with E-state index in [1.54, 1.807) is 0 Å². The molecule has 15 heavy (non-hydrogen) atoms. The first kappa shape index (κ1) is 11.3. The SMILES string of the molecule is NC(=S)C1CCCN1S(=O)(=O)CC1CC1. The molecule has 1 saturated carbocycles. The van der Waals surface area contributed by atoms with Crippen LogP contribution in [0.1, 0.15) is 25.7 Å². The Bertz CT molecular complexity index is 362. The lowest BCUT2D eigenvalue weighted by Crippen LogP contribution is -2.44. The van der Waals surface area contributed by atoms with E-state index >= 15 is 0 Å². The third-order valence-corrected chi connectivity index (χ3v) is 5.35. The molecule has 1 unspecified atom stereocenters. The van der Waals surface area contributed by atoms with Crippen LogP contribution >= 0.6 is 12.2 Å². The fourth-order valence-electron chi connectivity index (χ4n) is 2.04. The number of rotatable bonds is 4. The lowest BCUT2D eigenvalue weighted by Gasteiger charge is -2.22. The highest BCUT2D eigenvalue weighted by Gasteiger charge is 2.38. The molecular weight excluding hydrogens is 232 g/mol. The van der Waals surface area contributed by atoms with E-state index < -0.39 is 10.0 Å². The Morgan fingerprint density at radius 1 is 1.40 bits per heavy atom. The lowest BCUT2D eigenvalue weighted by molar-refractivity contribution is 0.444. The fraction of sp³-hybridized carbons (Fsp3) is 0.889. The van der Waals surface area contributed by atoms with E-state index in [1.807, 2.05) is 0 Å². The van der Waals surface area contributed by atoms with Gasteiger partial charge in [0.15, 0.2) is 0 Å². The van der Waals surface area contributed by atoms with Crippen molar-refractivity contribution in [3.63, 3.8) is 0 Å². The third-order valence-electron chi connectivity index (χ3n) is 3.03. The molecule has 1 aliphatic heterocycles. The van der Waals surface area contributed by atoms with Gasteiger partial charge in [0.05, 0.1) is 16.8 Å². The minimum atomic E-state index is -3.13. The highest BCUT2D eigenvalue weighted by atomic mass is 32.2. The van der Waals surface area contributed by atoms with Gasteiger partial charge in [0.25, 0.3) is 0 Å². The van der Waals surface area contributed by atoms with E-state index in [9.17, 15) is 8.42 Å². The maximum absolute atomic E-state index is 12.0. The van der Waals surface area contributed by atoms with Gasteiger partial charge in [0.1, 0.15) is 0 Å². The lowest BCUT2D eigenvalue weighted by atomic mass is 10.2. The van der Waals surface area contributed by atoms with Crippen LogP contribution < -0.4 is 5.73 Å². The first-order valence-corrected chi connectivity index (χ1v) is 7.31. The van der Waals surface area contributed by atoms with Crippen LogP contribution in [0.25, 0.3) is 0 Å². The second kappa shape index (κ2) is 3.99. The number of nitrogens with zero attached hydrogens (tertiary/aromatic N) is 1. The van der Waals surface area contributed by atoms with Crippen molar-refractivity contribution in [2.75, 3.05) is 12.3 Å². The minimum absolute atomic E-state index is 0.233. The van der Waals surface area contributed by atoms with Crippen molar-refractivity contribution in [1.82, 2.24) is 4.31 Å². The van der Waals surface area contributed by atoms with Gasteiger partial charge in [-0.15, -0.1) is 0 Å². The first-order valence-electron chi connectivity index (χ1n) is 5.29. The van der Waals surface area contributed by atoms with Gasteiger partial charge in [-0.1, -0.05) is 12.2 Å². The second-order valence-electron chi connectivity index (χ2n) is 4.39. The Morgan fingerprint density at radius 2 is 2.07 bits per heavy atom. The van der Waals surface area contributed by atoms with E-state index in [4.69, 9.17) is 18.0 Å². The van der Waals surface area contributed by atoms with E-state index in [-0.39, 0.29) is 11.8 Å². The van der Waals surface area contributed by atoms with Gasteiger partial charge >= 0.3 is 0 Å². The number of hydrogen-bond acceptors (Lipinski definition) is 3. The smallest absolute Gasteiger partial charge is 0.215 e. The molecular formula is C9H16N2O2S2. The molecule has 1 heterocycles. The van der Waals surface area contributed by atoms with Crippen molar-refractivity contribution >= 4 is 27.2 Å². The van der Waals surface area contributed by atoms with Crippen molar-refractivity contribution in [2.45, 2.75) is 31.7 Å². The third kappa shape index (κ3) is 2.49. The monoisotopic (exact) mass is 248 g/mol. The van der Waals surface area contributed by atoms with Crippen LogP contribution in [0.15, 0.2) is 0 Å². The fourth-order valence-corrected chi connectivity index (χ4v) is 4.48. The summed E-state index contributed by atoms with van der Waals surface area (Å²) in [4.78, 5) is 0.312. The first-order chi connectivity index (χ1) is 7.00. The standard InChI is InChI=1S/C9H16N2O2S2/c10-9(14)8-2-1-5-11(8)15(12,13)6-7-3-4-7/h7-8H,1-6H2,(H2,10,14). The Kier molecular flexibility index (Phi) is 3.00. The molecule has 2 rings (SSSR count). The molecule has 1 atom stereocenters. The van der Waals surface area contributed by atoms with Gasteiger partial charge < -0.3 is 5.73 Å². The Morgan fingerprint density at radius 3 is 2.60 bits per heavy atom. The molecule has 2 aliphatic rings. The minimum Gasteiger partial charge on any atom is -0.392 e. The summed E-state index contributed by atoms with van der Waals surface area (Å²) >= 11 is 4.90. The van der Waals surface area contributed by atoms with Crippen molar-refractivity contribution < 1.29 is 8.42 Å². The predicted molar refractivity (Wildman–Crippen MR) is 63.0 cm³/mol. The Labute approximate surface area is 95.9 Å².